The first kappa shape index (κ1) is 21.1. The number of carbonyl (C=O) groups excluding carboxylic acids is 2. The molecule has 2 aliphatic heterocycles. The Morgan fingerprint density at radius 2 is 1.84 bits per heavy atom. The average molecular weight is 421 g/mol. The van der Waals surface area contributed by atoms with Gasteiger partial charge < -0.3 is 9.57 Å². The van der Waals surface area contributed by atoms with Gasteiger partial charge in [0.25, 0.3) is 5.91 Å². The van der Waals surface area contributed by atoms with E-state index in [-0.39, 0.29) is 18.2 Å². The van der Waals surface area contributed by atoms with Gasteiger partial charge in [-0.05, 0) is 50.6 Å². The summed E-state index contributed by atoms with van der Waals surface area (Å²) in [5.74, 6) is -0.487. The van der Waals surface area contributed by atoms with Crippen molar-refractivity contribution < 1.29 is 19.2 Å². The van der Waals surface area contributed by atoms with E-state index in [1.165, 1.54) is 5.01 Å². The first-order valence-electron chi connectivity index (χ1n) is 10.4. The van der Waals surface area contributed by atoms with Crippen LogP contribution in [0.2, 0.25) is 0 Å². The van der Waals surface area contributed by atoms with Gasteiger partial charge >= 0.3 is 0 Å². The zero-order valence-corrected chi connectivity index (χ0v) is 18.2. The lowest BCUT2D eigenvalue weighted by Gasteiger charge is -2.36. The zero-order chi connectivity index (χ0) is 22.2. The fraction of sp³-hybridized carbons (Fsp3) is 0.375. The molecule has 31 heavy (non-hydrogen) atoms. The van der Waals surface area contributed by atoms with E-state index in [1.54, 1.807) is 14.0 Å². The minimum atomic E-state index is -0.676. The molecule has 0 saturated carbocycles. The van der Waals surface area contributed by atoms with Crippen molar-refractivity contribution in [2.75, 3.05) is 7.11 Å². The number of rotatable bonds is 5. The quantitative estimate of drug-likeness (QED) is 0.692. The molecule has 7 heteroatoms. The predicted octanol–water partition coefficient (Wildman–Crippen LogP) is 3.39. The molecule has 0 spiro atoms. The van der Waals surface area contributed by atoms with Gasteiger partial charge in [-0.3, -0.25) is 9.59 Å². The third-order valence-corrected chi connectivity index (χ3v) is 5.88. The third kappa shape index (κ3) is 3.93. The molecule has 2 heterocycles. The highest BCUT2D eigenvalue weighted by Gasteiger charge is 2.51. The molecular formula is C24H27N3O4. The molecule has 1 fully saturated rings. The SMILES string of the molecule is COc1ccc(C2=NO[C@@H](C)[C@@H]2C(=O)N2C(=O)CC(C)(C)N2Cc2ccccc2)cc1. The van der Waals surface area contributed by atoms with Gasteiger partial charge in [-0.15, -0.1) is 0 Å². The van der Waals surface area contributed by atoms with Crippen LogP contribution in [0.25, 0.3) is 0 Å². The maximum Gasteiger partial charge on any atom is 0.257 e. The summed E-state index contributed by atoms with van der Waals surface area (Å²) in [5, 5.41) is 7.36. The molecule has 2 aromatic carbocycles. The van der Waals surface area contributed by atoms with Gasteiger partial charge in [-0.2, -0.15) is 0 Å². The van der Waals surface area contributed by atoms with E-state index in [0.717, 1.165) is 11.1 Å². The van der Waals surface area contributed by atoms with Crippen LogP contribution in [0.3, 0.4) is 0 Å². The largest absolute Gasteiger partial charge is 0.497 e. The van der Waals surface area contributed by atoms with E-state index >= 15 is 0 Å². The second kappa shape index (κ2) is 8.15. The Hall–Kier alpha value is -3.19. The monoisotopic (exact) mass is 421 g/mol. The van der Waals surface area contributed by atoms with Gasteiger partial charge in [0, 0.05) is 24.1 Å². The van der Waals surface area contributed by atoms with Crippen LogP contribution in [-0.2, 0) is 21.0 Å². The molecule has 2 amide bonds. The van der Waals surface area contributed by atoms with E-state index in [9.17, 15) is 9.59 Å². The third-order valence-electron chi connectivity index (χ3n) is 5.88. The summed E-state index contributed by atoms with van der Waals surface area (Å²) in [7, 11) is 1.60. The highest BCUT2D eigenvalue weighted by atomic mass is 16.6. The summed E-state index contributed by atoms with van der Waals surface area (Å²) in [6.07, 6.45) is -0.206. The lowest BCUT2D eigenvalue weighted by molar-refractivity contribution is -0.164. The van der Waals surface area contributed by atoms with E-state index in [1.807, 2.05) is 73.5 Å². The summed E-state index contributed by atoms with van der Waals surface area (Å²) in [6.45, 7) is 6.22. The topological polar surface area (TPSA) is 71.4 Å². The Morgan fingerprint density at radius 3 is 2.48 bits per heavy atom. The van der Waals surface area contributed by atoms with Crippen LogP contribution >= 0.6 is 0 Å². The second-order valence-electron chi connectivity index (χ2n) is 8.57. The smallest absolute Gasteiger partial charge is 0.257 e. The number of amides is 2. The number of oxime groups is 1. The summed E-state index contributed by atoms with van der Waals surface area (Å²) < 4.78 is 5.22. The molecular weight excluding hydrogens is 394 g/mol. The first-order chi connectivity index (χ1) is 14.8. The Bertz CT molecular complexity index is 1000. The average Bonchev–Trinajstić information content (AvgIpc) is 3.24. The Labute approximate surface area is 182 Å². The molecule has 1 saturated heterocycles. The van der Waals surface area contributed by atoms with Crippen LogP contribution in [0.1, 0.15) is 38.3 Å². The predicted molar refractivity (Wildman–Crippen MR) is 116 cm³/mol. The minimum Gasteiger partial charge on any atom is -0.497 e. The van der Waals surface area contributed by atoms with Crippen LogP contribution in [0.4, 0.5) is 0 Å². The van der Waals surface area contributed by atoms with Gasteiger partial charge in [0.05, 0.1) is 7.11 Å². The number of nitrogens with zero attached hydrogens (tertiary/aromatic N) is 3. The number of ether oxygens (including phenoxy) is 1. The number of imide groups is 1. The minimum absolute atomic E-state index is 0.209. The molecule has 4 rings (SSSR count). The molecule has 0 N–H and O–H groups in total. The van der Waals surface area contributed by atoms with Crippen molar-refractivity contribution in [1.82, 2.24) is 10.0 Å². The summed E-state index contributed by atoms with van der Waals surface area (Å²) in [4.78, 5) is 32.2. The maximum atomic E-state index is 13.7. The van der Waals surface area contributed by atoms with Crippen molar-refractivity contribution in [3.63, 3.8) is 0 Å². The van der Waals surface area contributed by atoms with Gasteiger partial charge in [-0.1, -0.05) is 35.5 Å². The Kier molecular flexibility index (Phi) is 5.54. The van der Waals surface area contributed by atoms with Gasteiger partial charge in [0.1, 0.15) is 23.5 Å². The molecule has 0 unspecified atom stereocenters. The molecule has 162 valence electrons. The Morgan fingerprint density at radius 1 is 1.16 bits per heavy atom. The van der Waals surface area contributed by atoms with Gasteiger partial charge in [0.15, 0.2) is 0 Å². The highest BCUT2D eigenvalue weighted by molar-refractivity contribution is 6.16. The van der Waals surface area contributed by atoms with E-state index < -0.39 is 17.6 Å². The molecule has 2 atom stereocenters. The van der Waals surface area contributed by atoms with Crippen molar-refractivity contribution in [2.45, 2.75) is 45.4 Å². The number of carbonyl (C=O) groups is 2. The van der Waals surface area contributed by atoms with Crippen molar-refractivity contribution in [1.29, 1.82) is 0 Å². The van der Waals surface area contributed by atoms with Crippen LogP contribution in [0, 0.1) is 5.92 Å². The number of benzene rings is 2. The molecule has 0 bridgehead atoms. The van der Waals surface area contributed by atoms with Crippen molar-refractivity contribution in [2.24, 2.45) is 11.1 Å². The first-order valence-corrected chi connectivity index (χ1v) is 10.4. The van der Waals surface area contributed by atoms with Crippen molar-refractivity contribution in [3.05, 3.63) is 65.7 Å². The molecule has 2 aromatic rings. The summed E-state index contributed by atoms with van der Waals surface area (Å²) in [5.41, 5.74) is 1.84. The van der Waals surface area contributed by atoms with E-state index in [4.69, 9.17) is 9.57 Å². The van der Waals surface area contributed by atoms with Crippen LogP contribution < -0.4 is 4.74 Å². The summed E-state index contributed by atoms with van der Waals surface area (Å²) >= 11 is 0. The van der Waals surface area contributed by atoms with Gasteiger partial charge in [0.2, 0.25) is 5.91 Å². The van der Waals surface area contributed by atoms with Crippen molar-refractivity contribution in [3.8, 4) is 5.75 Å². The molecule has 0 radical (unpaired) electrons. The second-order valence-corrected chi connectivity index (χ2v) is 8.57. The molecule has 0 aliphatic carbocycles. The number of methoxy groups -OCH3 is 1. The fourth-order valence-electron chi connectivity index (χ4n) is 4.15. The van der Waals surface area contributed by atoms with Crippen LogP contribution in [0.15, 0.2) is 59.8 Å². The lowest BCUT2D eigenvalue weighted by atomic mass is 9.92. The van der Waals surface area contributed by atoms with Gasteiger partial charge in [-0.25, -0.2) is 10.0 Å². The molecule has 7 nitrogen and oxygen atoms in total. The standard InChI is InChI=1S/C24H27N3O4/c1-16-21(22(25-31-16)18-10-12-19(30-4)13-11-18)23(29)27-20(28)14-24(2,3)26(27)15-17-8-6-5-7-9-17/h5-13,16,21H,14-15H2,1-4H3/t16-,21-/m0/s1. The highest BCUT2D eigenvalue weighted by Crippen LogP contribution is 2.35. The van der Waals surface area contributed by atoms with Crippen molar-refractivity contribution >= 4 is 17.5 Å². The van der Waals surface area contributed by atoms with E-state index in [2.05, 4.69) is 5.16 Å². The number of hydrazine groups is 1. The Balaban J connectivity index is 1.64. The zero-order valence-electron chi connectivity index (χ0n) is 18.2. The fourth-order valence-corrected chi connectivity index (χ4v) is 4.15. The molecule has 0 aromatic heterocycles. The number of hydrogen-bond acceptors (Lipinski definition) is 6. The summed E-state index contributed by atoms with van der Waals surface area (Å²) in [6, 6.07) is 17.2. The maximum absolute atomic E-state index is 13.7. The molecule has 2 aliphatic rings. The van der Waals surface area contributed by atoms with Crippen LogP contribution in [-0.4, -0.2) is 46.3 Å². The van der Waals surface area contributed by atoms with Crippen LogP contribution in [0.5, 0.6) is 5.75 Å². The number of hydrogen-bond donors (Lipinski definition) is 0. The normalized spacial score (nSPS) is 22.9. The lowest BCUT2D eigenvalue weighted by Crippen LogP contribution is -2.53. The van der Waals surface area contributed by atoms with E-state index in [0.29, 0.717) is 18.0 Å².